The van der Waals surface area contributed by atoms with Gasteiger partial charge < -0.3 is 14.2 Å². The molecule has 0 aliphatic rings. The number of ether oxygens (including phenoxy) is 3. The molecule has 0 spiro atoms. The van der Waals surface area contributed by atoms with Crippen molar-refractivity contribution >= 4 is 11.9 Å². The third-order valence-corrected chi connectivity index (χ3v) is 2.13. The summed E-state index contributed by atoms with van der Waals surface area (Å²) in [6.07, 6.45) is 0. The summed E-state index contributed by atoms with van der Waals surface area (Å²) >= 11 is 0. The molecule has 0 unspecified atom stereocenters. The normalized spacial score (nSPS) is 10.9. The monoisotopic (exact) mass is 266 g/mol. The zero-order valence-electron chi connectivity index (χ0n) is 11.6. The Bertz CT molecular complexity index is 442. The molecule has 0 saturated heterocycles. The highest BCUT2D eigenvalue weighted by molar-refractivity contribution is 5.89. The summed E-state index contributed by atoms with van der Waals surface area (Å²) in [5.41, 5.74) is 0.00144. The van der Waals surface area contributed by atoms with Crippen LogP contribution in [0.5, 0.6) is 5.75 Å². The van der Waals surface area contributed by atoms with E-state index in [2.05, 4.69) is 4.74 Å². The maximum Gasteiger partial charge on any atom is 0.337 e. The van der Waals surface area contributed by atoms with Crippen LogP contribution in [0.4, 0.5) is 0 Å². The largest absolute Gasteiger partial charge is 0.465 e. The molecule has 0 aromatic heterocycles. The van der Waals surface area contributed by atoms with Crippen LogP contribution < -0.4 is 4.74 Å². The first-order chi connectivity index (χ1) is 8.81. The van der Waals surface area contributed by atoms with Gasteiger partial charge in [-0.3, -0.25) is 0 Å². The van der Waals surface area contributed by atoms with Crippen molar-refractivity contribution in [2.45, 2.75) is 26.4 Å². The summed E-state index contributed by atoms with van der Waals surface area (Å²) in [7, 11) is 1.31. The molecule has 1 aromatic rings. The Balaban J connectivity index is 2.54. The van der Waals surface area contributed by atoms with Crippen LogP contribution in [0.1, 0.15) is 31.1 Å². The third kappa shape index (κ3) is 5.52. The first-order valence-corrected chi connectivity index (χ1v) is 5.85. The van der Waals surface area contributed by atoms with E-state index in [1.165, 1.54) is 31.4 Å². The minimum absolute atomic E-state index is 0.123. The van der Waals surface area contributed by atoms with Crippen LogP contribution in [0, 0.1) is 0 Å². The lowest BCUT2D eigenvalue weighted by atomic mass is 10.2. The Labute approximate surface area is 112 Å². The lowest BCUT2D eigenvalue weighted by Gasteiger charge is -2.18. The van der Waals surface area contributed by atoms with Gasteiger partial charge in [0.15, 0.2) is 0 Å². The van der Waals surface area contributed by atoms with Crippen molar-refractivity contribution in [2.75, 3.05) is 13.7 Å². The zero-order chi connectivity index (χ0) is 14.5. The highest BCUT2D eigenvalue weighted by Crippen LogP contribution is 2.14. The van der Waals surface area contributed by atoms with Gasteiger partial charge in [0, 0.05) is 0 Å². The molecule has 0 saturated carbocycles. The number of carbonyl (C=O) groups is 2. The molecule has 0 fully saturated rings. The van der Waals surface area contributed by atoms with Crippen LogP contribution >= 0.6 is 0 Å². The van der Waals surface area contributed by atoms with Crippen molar-refractivity contribution in [1.29, 1.82) is 0 Å². The first kappa shape index (κ1) is 15.2. The van der Waals surface area contributed by atoms with E-state index in [1.807, 2.05) is 20.8 Å². The molecule has 0 radical (unpaired) electrons. The van der Waals surface area contributed by atoms with Crippen molar-refractivity contribution in [3.63, 3.8) is 0 Å². The molecule has 0 bridgehead atoms. The smallest absolute Gasteiger partial charge is 0.337 e. The Morgan fingerprint density at radius 2 is 1.68 bits per heavy atom. The fourth-order valence-corrected chi connectivity index (χ4v) is 1.21. The van der Waals surface area contributed by atoms with Crippen molar-refractivity contribution in [3.05, 3.63) is 29.8 Å². The topological polar surface area (TPSA) is 61.8 Å². The van der Waals surface area contributed by atoms with Gasteiger partial charge >= 0.3 is 11.9 Å². The van der Waals surface area contributed by atoms with Gasteiger partial charge in [-0.2, -0.15) is 0 Å². The molecule has 0 N–H and O–H groups in total. The summed E-state index contributed by atoms with van der Waals surface area (Å²) in [5.74, 6) is -0.565. The van der Waals surface area contributed by atoms with Crippen molar-refractivity contribution in [1.82, 2.24) is 0 Å². The SMILES string of the molecule is COC(=O)c1ccc(OC(=O)COC(C)(C)C)cc1. The van der Waals surface area contributed by atoms with E-state index < -0.39 is 17.5 Å². The van der Waals surface area contributed by atoms with Gasteiger partial charge in [0.2, 0.25) is 0 Å². The minimum Gasteiger partial charge on any atom is -0.465 e. The van der Waals surface area contributed by atoms with Gasteiger partial charge in [-0.05, 0) is 45.0 Å². The van der Waals surface area contributed by atoms with E-state index in [-0.39, 0.29) is 6.61 Å². The van der Waals surface area contributed by atoms with E-state index >= 15 is 0 Å². The van der Waals surface area contributed by atoms with Gasteiger partial charge in [-0.1, -0.05) is 0 Å². The molecule has 0 amide bonds. The van der Waals surface area contributed by atoms with Gasteiger partial charge in [0.05, 0.1) is 18.3 Å². The number of rotatable bonds is 4. The maximum absolute atomic E-state index is 11.5. The molecule has 5 heteroatoms. The van der Waals surface area contributed by atoms with Crippen molar-refractivity contribution in [3.8, 4) is 5.75 Å². The van der Waals surface area contributed by atoms with Gasteiger partial charge in [-0.25, -0.2) is 9.59 Å². The summed E-state index contributed by atoms with van der Waals surface area (Å²) in [6.45, 7) is 5.44. The number of hydrogen-bond acceptors (Lipinski definition) is 5. The molecule has 1 aromatic carbocycles. The first-order valence-electron chi connectivity index (χ1n) is 5.85. The van der Waals surface area contributed by atoms with E-state index in [9.17, 15) is 9.59 Å². The van der Waals surface area contributed by atoms with Crippen molar-refractivity contribution in [2.24, 2.45) is 0 Å². The van der Waals surface area contributed by atoms with Crippen LogP contribution in [0.2, 0.25) is 0 Å². The third-order valence-electron chi connectivity index (χ3n) is 2.13. The van der Waals surface area contributed by atoms with Gasteiger partial charge in [0.25, 0.3) is 0 Å². The van der Waals surface area contributed by atoms with E-state index in [0.717, 1.165) is 0 Å². The molecule has 19 heavy (non-hydrogen) atoms. The van der Waals surface area contributed by atoms with Crippen LogP contribution in [0.15, 0.2) is 24.3 Å². The van der Waals surface area contributed by atoms with E-state index in [4.69, 9.17) is 9.47 Å². The average molecular weight is 266 g/mol. The van der Waals surface area contributed by atoms with E-state index in [0.29, 0.717) is 11.3 Å². The van der Waals surface area contributed by atoms with Crippen LogP contribution in [0.3, 0.4) is 0 Å². The molecule has 104 valence electrons. The zero-order valence-corrected chi connectivity index (χ0v) is 11.6. The lowest BCUT2D eigenvalue weighted by molar-refractivity contribution is -0.144. The fraction of sp³-hybridized carbons (Fsp3) is 0.429. The molecular weight excluding hydrogens is 248 g/mol. The number of hydrogen-bond donors (Lipinski definition) is 0. The summed E-state index contributed by atoms with van der Waals surface area (Å²) < 4.78 is 14.9. The van der Waals surface area contributed by atoms with E-state index in [1.54, 1.807) is 0 Å². The average Bonchev–Trinajstić information content (AvgIpc) is 2.35. The Hall–Kier alpha value is -1.88. The standard InChI is InChI=1S/C14H18O5/c1-14(2,3)18-9-12(15)19-11-7-5-10(6-8-11)13(16)17-4/h5-8H,9H2,1-4H3. The molecule has 1 rings (SSSR count). The highest BCUT2D eigenvalue weighted by Gasteiger charge is 2.14. The number of methoxy groups -OCH3 is 1. The Kier molecular flexibility index (Phi) is 5.06. The number of esters is 2. The van der Waals surface area contributed by atoms with Gasteiger partial charge in [0.1, 0.15) is 12.4 Å². The molecule has 0 heterocycles. The second-order valence-electron chi connectivity index (χ2n) is 4.89. The number of benzene rings is 1. The summed E-state index contributed by atoms with van der Waals surface area (Å²) in [5, 5.41) is 0. The predicted molar refractivity (Wildman–Crippen MR) is 69.1 cm³/mol. The highest BCUT2D eigenvalue weighted by atomic mass is 16.6. The fourth-order valence-electron chi connectivity index (χ4n) is 1.21. The summed E-state index contributed by atoms with van der Waals surface area (Å²) in [6, 6.07) is 6.11. The van der Waals surface area contributed by atoms with Crippen LogP contribution in [0.25, 0.3) is 0 Å². The Morgan fingerprint density at radius 1 is 1.11 bits per heavy atom. The van der Waals surface area contributed by atoms with Crippen LogP contribution in [-0.2, 0) is 14.3 Å². The van der Waals surface area contributed by atoms with Crippen LogP contribution in [-0.4, -0.2) is 31.3 Å². The summed E-state index contributed by atoms with van der Waals surface area (Å²) in [4.78, 5) is 22.7. The van der Waals surface area contributed by atoms with Crippen molar-refractivity contribution < 1.29 is 23.8 Å². The Morgan fingerprint density at radius 3 is 2.16 bits per heavy atom. The second-order valence-corrected chi connectivity index (χ2v) is 4.89. The molecular formula is C14H18O5. The number of carbonyl (C=O) groups excluding carboxylic acids is 2. The molecule has 0 aliphatic carbocycles. The maximum atomic E-state index is 11.5. The minimum atomic E-state index is -0.485. The molecule has 0 atom stereocenters. The molecule has 0 aliphatic heterocycles. The second kappa shape index (κ2) is 6.33. The predicted octanol–water partition coefficient (Wildman–Crippen LogP) is 2.19. The quantitative estimate of drug-likeness (QED) is 0.617. The van der Waals surface area contributed by atoms with Gasteiger partial charge in [-0.15, -0.1) is 0 Å². The lowest BCUT2D eigenvalue weighted by Crippen LogP contribution is -2.26. The molecule has 5 nitrogen and oxygen atoms in total.